The Morgan fingerprint density at radius 2 is 2.43 bits per heavy atom. The van der Waals surface area contributed by atoms with Crippen molar-refractivity contribution in [2.24, 2.45) is 0 Å². The van der Waals surface area contributed by atoms with Gasteiger partial charge < -0.3 is 9.84 Å². The molecule has 1 aromatic rings. The van der Waals surface area contributed by atoms with Crippen LogP contribution in [0.25, 0.3) is 0 Å². The highest BCUT2D eigenvalue weighted by molar-refractivity contribution is 9.10. The van der Waals surface area contributed by atoms with Gasteiger partial charge in [-0.2, -0.15) is 0 Å². The number of thiophene rings is 1. The molecule has 0 bridgehead atoms. The standard InChI is InChI=1S/C9H11BrO3S/c1-5(3-8(11)12)7-4-6(10)9(13-2)14-7/h4-5H,3H2,1-2H3,(H,11,12). The summed E-state index contributed by atoms with van der Waals surface area (Å²) in [5.41, 5.74) is 0. The lowest BCUT2D eigenvalue weighted by Gasteiger charge is -2.03. The molecule has 0 fully saturated rings. The van der Waals surface area contributed by atoms with Crippen molar-refractivity contribution in [3.63, 3.8) is 0 Å². The number of carboxylic acid groups (broad SMARTS) is 1. The van der Waals surface area contributed by atoms with Crippen molar-refractivity contribution in [2.75, 3.05) is 7.11 Å². The molecular weight excluding hydrogens is 268 g/mol. The lowest BCUT2D eigenvalue weighted by atomic mass is 10.1. The van der Waals surface area contributed by atoms with Crippen molar-refractivity contribution >= 4 is 33.2 Å². The molecule has 78 valence electrons. The van der Waals surface area contributed by atoms with Gasteiger partial charge in [0, 0.05) is 10.8 Å². The van der Waals surface area contributed by atoms with Crippen LogP contribution in [0, 0.1) is 0 Å². The molecule has 5 heteroatoms. The zero-order chi connectivity index (χ0) is 10.7. The fourth-order valence-electron chi connectivity index (χ4n) is 1.11. The number of carbonyl (C=O) groups is 1. The molecule has 0 saturated heterocycles. The Hall–Kier alpha value is -0.550. The number of methoxy groups -OCH3 is 1. The average Bonchev–Trinajstić information content (AvgIpc) is 2.45. The molecule has 0 amide bonds. The summed E-state index contributed by atoms with van der Waals surface area (Å²) in [4.78, 5) is 11.5. The van der Waals surface area contributed by atoms with Gasteiger partial charge in [0.2, 0.25) is 0 Å². The van der Waals surface area contributed by atoms with E-state index in [2.05, 4.69) is 15.9 Å². The second kappa shape index (κ2) is 4.79. The summed E-state index contributed by atoms with van der Waals surface area (Å²) in [5.74, 6) is -0.751. The van der Waals surface area contributed by atoms with Crippen molar-refractivity contribution < 1.29 is 14.6 Å². The third-order valence-corrected chi connectivity index (χ3v) is 4.01. The van der Waals surface area contributed by atoms with Crippen LogP contribution in [0.2, 0.25) is 0 Å². The van der Waals surface area contributed by atoms with Gasteiger partial charge in [0.1, 0.15) is 0 Å². The molecule has 1 heterocycles. The second-order valence-corrected chi connectivity index (χ2v) is 4.89. The summed E-state index contributed by atoms with van der Waals surface area (Å²) in [6.45, 7) is 1.89. The normalized spacial score (nSPS) is 12.5. The maximum absolute atomic E-state index is 10.5. The molecule has 0 radical (unpaired) electrons. The Morgan fingerprint density at radius 1 is 1.79 bits per heavy atom. The van der Waals surface area contributed by atoms with Gasteiger partial charge in [-0.1, -0.05) is 6.92 Å². The maximum Gasteiger partial charge on any atom is 0.303 e. The van der Waals surface area contributed by atoms with Gasteiger partial charge in [-0.05, 0) is 22.0 Å². The quantitative estimate of drug-likeness (QED) is 0.921. The molecule has 0 aliphatic rings. The minimum absolute atomic E-state index is 0.0256. The molecule has 0 aliphatic heterocycles. The summed E-state index contributed by atoms with van der Waals surface area (Å²) < 4.78 is 5.99. The number of hydrogen-bond acceptors (Lipinski definition) is 3. The summed E-state index contributed by atoms with van der Waals surface area (Å²) in [5, 5.41) is 9.43. The lowest BCUT2D eigenvalue weighted by Crippen LogP contribution is -2.00. The van der Waals surface area contributed by atoms with Crippen LogP contribution in [0.5, 0.6) is 5.06 Å². The fourth-order valence-corrected chi connectivity index (χ4v) is 2.83. The van der Waals surface area contributed by atoms with Crippen molar-refractivity contribution in [1.82, 2.24) is 0 Å². The molecule has 0 saturated carbocycles. The van der Waals surface area contributed by atoms with Gasteiger partial charge in [0.05, 0.1) is 18.0 Å². The highest BCUT2D eigenvalue weighted by Crippen LogP contribution is 2.38. The summed E-state index contributed by atoms with van der Waals surface area (Å²) in [7, 11) is 1.60. The van der Waals surface area contributed by atoms with Crippen LogP contribution in [-0.4, -0.2) is 18.2 Å². The summed E-state index contributed by atoms with van der Waals surface area (Å²) in [6, 6.07) is 1.91. The minimum Gasteiger partial charge on any atom is -0.486 e. The number of rotatable bonds is 4. The Morgan fingerprint density at radius 3 is 2.86 bits per heavy atom. The van der Waals surface area contributed by atoms with E-state index in [0.717, 1.165) is 14.4 Å². The van der Waals surface area contributed by atoms with Crippen molar-refractivity contribution in [3.05, 3.63) is 15.4 Å². The van der Waals surface area contributed by atoms with Gasteiger partial charge in [-0.3, -0.25) is 4.79 Å². The van der Waals surface area contributed by atoms with E-state index in [1.54, 1.807) is 7.11 Å². The molecule has 1 aromatic heterocycles. The van der Waals surface area contributed by atoms with Crippen LogP contribution in [0.15, 0.2) is 10.5 Å². The first-order valence-electron chi connectivity index (χ1n) is 4.09. The van der Waals surface area contributed by atoms with Crippen LogP contribution in [0.1, 0.15) is 24.1 Å². The first-order valence-corrected chi connectivity index (χ1v) is 5.70. The van der Waals surface area contributed by atoms with Crippen molar-refractivity contribution in [3.8, 4) is 5.06 Å². The van der Waals surface area contributed by atoms with E-state index in [1.807, 2.05) is 13.0 Å². The molecule has 14 heavy (non-hydrogen) atoms. The van der Waals surface area contributed by atoms with Gasteiger partial charge in [-0.25, -0.2) is 0 Å². The molecule has 0 spiro atoms. The molecule has 1 unspecified atom stereocenters. The van der Waals surface area contributed by atoms with Gasteiger partial charge in [0.15, 0.2) is 5.06 Å². The SMILES string of the molecule is COc1sc(C(C)CC(=O)O)cc1Br. The first-order chi connectivity index (χ1) is 6.54. The predicted octanol–water partition coefficient (Wildman–Crippen LogP) is 3.10. The molecule has 0 aromatic carbocycles. The monoisotopic (exact) mass is 278 g/mol. The molecular formula is C9H11BrO3S. The van der Waals surface area contributed by atoms with E-state index in [0.29, 0.717) is 0 Å². The Kier molecular flexibility index (Phi) is 3.95. The molecule has 0 aliphatic carbocycles. The van der Waals surface area contributed by atoms with E-state index in [1.165, 1.54) is 11.3 Å². The Balaban J connectivity index is 2.80. The highest BCUT2D eigenvalue weighted by Gasteiger charge is 2.15. The molecule has 1 rings (SSSR count). The minimum atomic E-state index is -0.777. The smallest absolute Gasteiger partial charge is 0.303 e. The van der Waals surface area contributed by atoms with E-state index in [-0.39, 0.29) is 12.3 Å². The maximum atomic E-state index is 10.5. The highest BCUT2D eigenvalue weighted by atomic mass is 79.9. The first kappa shape index (κ1) is 11.5. The second-order valence-electron chi connectivity index (χ2n) is 2.99. The van der Waals surface area contributed by atoms with Crippen LogP contribution >= 0.6 is 27.3 Å². The zero-order valence-corrected chi connectivity index (χ0v) is 10.3. The van der Waals surface area contributed by atoms with E-state index in [4.69, 9.17) is 9.84 Å². The Bertz CT molecular complexity index is 335. The molecule has 1 atom stereocenters. The van der Waals surface area contributed by atoms with Crippen LogP contribution in [-0.2, 0) is 4.79 Å². The molecule has 1 N–H and O–H groups in total. The van der Waals surface area contributed by atoms with Gasteiger partial charge >= 0.3 is 5.97 Å². The average molecular weight is 279 g/mol. The summed E-state index contributed by atoms with van der Waals surface area (Å²) in [6.07, 6.45) is 0.149. The number of ether oxygens (including phenoxy) is 1. The van der Waals surface area contributed by atoms with E-state index >= 15 is 0 Å². The predicted molar refractivity (Wildman–Crippen MR) is 59.2 cm³/mol. The largest absolute Gasteiger partial charge is 0.486 e. The Labute approximate surface area is 94.8 Å². The van der Waals surface area contributed by atoms with Crippen LogP contribution in [0.4, 0.5) is 0 Å². The number of carboxylic acids is 1. The van der Waals surface area contributed by atoms with Crippen LogP contribution in [0.3, 0.4) is 0 Å². The zero-order valence-electron chi connectivity index (χ0n) is 7.91. The lowest BCUT2D eigenvalue weighted by molar-refractivity contribution is -0.137. The van der Waals surface area contributed by atoms with Gasteiger partial charge in [-0.15, -0.1) is 11.3 Å². The molecule has 3 nitrogen and oxygen atoms in total. The number of aliphatic carboxylic acids is 1. The number of halogens is 1. The van der Waals surface area contributed by atoms with Crippen LogP contribution < -0.4 is 4.74 Å². The summed E-state index contributed by atoms with van der Waals surface area (Å²) >= 11 is 4.83. The topological polar surface area (TPSA) is 46.5 Å². The third kappa shape index (κ3) is 2.72. The number of hydrogen-bond donors (Lipinski definition) is 1. The van der Waals surface area contributed by atoms with Crippen molar-refractivity contribution in [2.45, 2.75) is 19.3 Å². The fraction of sp³-hybridized carbons (Fsp3) is 0.444. The third-order valence-electron chi connectivity index (χ3n) is 1.83. The van der Waals surface area contributed by atoms with Gasteiger partial charge in [0.25, 0.3) is 0 Å². The van der Waals surface area contributed by atoms with E-state index < -0.39 is 5.97 Å². The van der Waals surface area contributed by atoms with E-state index in [9.17, 15) is 4.79 Å². The van der Waals surface area contributed by atoms with Crippen molar-refractivity contribution in [1.29, 1.82) is 0 Å².